The van der Waals surface area contributed by atoms with Crippen LogP contribution in [0.25, 0.3) is 0 Å². The summed E-state index contributed by atoms with van der Waals surface area (Å²) in [5, 5.41) is 0. The molecule has 0 heterocycles. The van der Waals surface area contributed by atoms with Crippen molar-refractivity contribution in [3.05, 3.63) is 29.8 Å². The zero-order chi connectivity index (χ0) is 17.1. The van der Waals surface area contributed by atoms with Gasteiger partial charge in [0.1, 0.15) is 5.78 Å². The number of anilines is 1. The van der Waals surface area contributed by atoms with Crippen LogP contribution in [0.2, 0.25) is 0 Å². The summed E-state index contributed by atoms with van der Waals surface area (Å²) in [5.41, 5.74) is 2.43. The maximum absolute atomic E-state index is 11.1. The highest BCUT2D eigenvalue weighted by molar-refractivity contribution is 5.77. The summed E-state index contributed by atoms with van der Waals surface area (Å²) >= 11 is 0. The average Bonchev–Trinajstić information content (AvgIpc) is 2.55. The molecule has 0 fully saturated rings. The predicted octanol–water partition coefficient (Wildman–Crippen LogP) is 3.71. The van der Waals surface area contributed by atoms with Crippen molar-refractivity contribution in [2.45, 2.75) is 40.0 Å². The van der Waals surface area contributed by atoms with Crippen molar-refractivity contribution in [3.63, 3.8) is 0 Å². The molecule has 1 unspecified atom stereocenters. The number of ether oxygens (including phenoxy) is 1. The van der Waals surface area contributed by atoms with Gasteiger partial charge in [-0.25, -0.2) is 0 Å². The summed E-state index contributed by atoms with van der Waals surface area (Å²) < 4.78 is 5.66. The standard InChI is InChI=1S/C20H29NO2/c1-5-6-9-19-10-12-20(13-11-19)21(4)14-16-23-15-7-8-17(2)18(3)22/h10-13,17H,7-9,14-16H2,1-4H3. The molecule has 0 aliphatic carbocycles. The van der Waals surface area contributed by atoms with Crippen LogP contribution in [0.15, 0.2) is 24.3 Å². The van der Waals surface area contributed by atoms with Gasteiger partial charge in [-0.3, -0.25) is 4.79 Å². The molecule has 1 aromatic carbocycles. The quantitative estimate of drug-likeness (QED) is 0.487. The highest BCUT2D eigenvalue weighted by Gasteiger charge is 2.06. The van der Waals surface area contributed by atoms with E-state index >= 15 is 0 Å². The molecule has 0 saturated carbocycles. The van der Waals surface area contributed by atoms with Gasteiger partial charge in [0.05, 0.1) is 6.61 Å². The van der Waals surface area contributed by atoms with Crippen LogP contribution in [-0.4, -0.2) is 32.6 Å². The Kier molecular flexibility index (Phi) is 9.09. The van der Waals surface area contributed by atoms with Crippen LogP contribution in [0.1, 0.15) is 39.2 Å². The predicted molar refractivity (Wildman–Crippen MR) is 96.8 cm³/mol. The molecule has 0 spiro atoms. The van der Waals surface area contributed by atoms with E-state index < -0.39 is 0 Å². The van der Waals surface area contributed by atoms with Gasteiger partial charge in [0.15, 0.2) is 0 Å². The van der Waals surface area contributed by atoms with Crippen LogP contribution >= 0.6 is 0 Å². The third-order valence-electron chi connectivity index (χ3n) is 4.04. The number of carbonyl (C=O) groups is 1. The Morgan fingerprint density at radius 3 is 2.57 bits per heavy atom. The van der Waals surface area contributed by atoms with Crippen LogP contribution in [-0.2, 0) is 16.0 Å². The van der Waals surface area contributed by atoms with Crippen LogP contribution in [0, 0.1) is 17.8 Å². The molecule has 0 saturated heterocycles. The van der Waals surface area contributed by atoms with Gasteiger partial charge in [-0.2, -0.15) is 0 Å². The van der Waals surface area contributed by atoms with E-state index in [0.29, 0.717) is 6.61 Å². The molecular weight excluding hydrogens is 286 g/mol. The first-order chi connectivity index (χ1) is 11.0. The molecule has 0 aliphatic rings. The summed E-state index contributed by atoms with van der Waals surface area (Å²) in [7, 11) is 2.07. The van der Waals surface area contributed by atoms with E-state index in [1.807, 2.05) is 13.8 Å². The summed E-state index contributed by atoms with van der Waals surface area (Å²) in [5.74, 6) is 6.41. The molecular formula is C20H29NO2. The lowest BCUT2D eigenvalue weighted by atomic mass is 10.0. The maximum atomic E-state index is 11.1. The average molecular weight is 315 g/mol. The van der Waals surface area contributed by atoms with Gasteiger partial charge >= 0.3 is 0 Å². The number of Topliss-reactive ketones (excluding diaryl/α,β-unsaturated/α-hetero) is 1. The summed E-state index contributed by atoms with van der Waals surface area (Å²) in [6.07, 6.45) is 2.66. The molecule has 126 valence electrons. The van der Waals surface area contributed by atoms with Crippen LogP contribution < -0.4 is 4.90 Å². The number of likely N-dealkylation sites (N-methyl/N-ethyl adjacent to an activating group) is 1. The molecule has 0 bridgehead atoms. The third-order valence-corrected chi connectivity index (χ3v) is 4.04. The lowest BCUT2D eigenvalue weighted by Gasteiger charge is -2.19. The lowest BCUT2D eigenvalue weighted by Crippen LogP contribution is -2.22. The summed E-state index contributed by atoms with van der Waals surface area (Å²) in [6, 6.07) is 8.50. The summed E-state index contributed by atoms with van der Waals surface area (Å²) in [6.45, 7) is 7.78. The second kappa shape index (κ2) is 10.9. The van der Waals surface area contributed by atoms with Crippen molar-refractivity contribution in [3.8, 4) is 11.8 Å². The van der Waals surface area contributed by atoms with Crippen molar-refractivity contribution < 1.29 is 9.53 Å². The Morgan fingerprint density at radius 2 is 1.96 bits per heavy atom. The van der Waals surface area contributed by atoms with Crippen LogP contribution in [0.5, 0.6) is 0 Å². The largest absolute Gasteiger partial charge is 0.380 e. The molecule has 1 rings (SSSR count). The molecule has 0 N–H and O–H groups in total. The van der Waals surface area contributed by atoms with Crippen molar-refractivity contribution in [2.24, 2.45) is 5.92 Å². The van der Waals surface area contributed by atoms with E-state index in [0.717, 1.165) is 32.4 Å². The second-order valence-corrected chi connectivity index (χ2v) is 5.96. The Balaban J connectivity index is 2.21. The van der Waals surface area contributed by atoms with Gasteiger partial charge in [0, 0.05) is 38.2 Å². The molecule has 0 amide bonds. The van der Waals surface area contributed by atoms with E-state index in [1.165, 1.54) is 11.3 Å². The van der Waals surface area contributed by atoms with Gasteiger partial charge in [0.25, 0.3) is 0 Å². The Labute approximate surface area is 141 Å². The Morgan fingerprint density at radius 1 is 1.26 bits per heavy atom. The fourth-order valence-electron chi connectivity index (χ4n) is 2.19. The van der Waals surface area contributed by atoms with Crippen molar-refractivity contribution >= 4 is 11.5 Å². The van der Waals surface area contributed by atoms with Gasteiger partial charge in [-0.05, 0) is 44.4 Å². The number of rotatable bonds is 10. The lowest BCUT2D eigenvalue weighted by molar-refractivity contribution is -0.120. The SMILES string of the molecule is CC#CCc1ccc(N(C)CCOCCCC(C)C(C)=O)cc1. The normalized spacial score (nSPS) is 11.5. The summed E-state index contributed by atoms with van der Waals surface area (Å²) in [4.78, 5) is 13.3. The Hall–Kier alpha value is -1.79. The van der Waals surface area contributed by atoms with Gasteiger partial charge in [-0.1, -0.05) is 25.0 Å². The molecule has 23 heavy (non-hydrogen) atoms. The van der Waals surface area contributed by atoms with Crippen LogP contribution in [0.3, 0.4) is 0 Å². The van der Waals surface area contributed by atoms with Gasteiger partial charge in [0.2, 0.25) is 0 Å². The number of ketones is 1. The number of carbonyl (C=O) groups excluding carboxylic acids is 1. The molecule has 1 atom stereocenters. The maximum Gasteiger partial charge on any atom is 0.132 e. The van der Waals surface area contributed by atoms with E-state index in [2.05, 4.69) is 48.1 Å². The minimum absolute atomic E-state index is 0.150. The zero-order valence-electron chi connectivity index (χ0n) is 14.9. The topological polar surface area (TPSA) is 29.5 Å². The molecule has 1 aromatic rings. The smallest absolute Gasteiger partial charge is 0.132 e. The molecule has 0 radical (unpaired) electrons. The highest BCUT2D eigenvalue weighted by atomic mass is 16.5. The minimum Gasteiger partial charge on any atom is -0.380 e. The first-order valence-electron chi connectivity index (χ1n) is 8.32. The van der Waals surface area contributed by atoms with Crippen molar-refractivity contribution in [1.29, 1.82) is 0 Å². The highest BCUT2D eigenvalue weighted by Crippen LogP contribution is 2.14. The second-order valence-electron chi connectivity index (χ2n) is 5.96. The number of hydrogen-bond acceptors (Lipinski definition) is 3. The van der Waals surface area contributed by atoms with Gasteiger partial charge in [-0.15, -0.1) is 5.92 Å². The Bertz CT molecular complexity index is 525. The number of nitrogens with zero attached hydrogens (tertiary/aromatic N) is 1. The first kappa shape index (κ1) is 19.3. The van der Waals surface area contributed by atoms with E-state index in [4.69, 9.17) is 4.74 Å². The van der Waals surface area contributed by atoms with Crippen molar-refractivity contribution in [1.82, 2.24) is 0 Å². The number of hydrogen-bond donors (Lipinski definition) is 0. The third kappa shape index (κ3) is 7.85. The number of benzene rings is 1. The van der Waals surface area contributed by atoms with E-state index in [9.17, 15) is 4.79 Å². The molecule has 3 heteroatoms. The van der Waals surface area contributed by atoms with E-state index in [-0.39, 0.29) is 11.7 Å². The molecule has 3 nitrogen and oxygen atoms in total. The molecule has 0 aliphatic heterocycles. The fourth-order valence-corrected chi connectivity index (χ4v) is 2.19. The van der Waals surface area contributed by atoms with Gasteiger partial charge < -0.3 is 9.64 Å². The molecule has 0 aromatic heterocycles. The van der Waals surface area contributed by atoms with E-state index in [1.54, 1.807) is 6.92 Å². The van der Waals surface area contributed by atoms with Crippen LogP contribution in [0.4, 0.5) is 5.69 Å². The first-order valence-corrected chi connectivity index (χ1v) is 8.32. The minimum atomic E-state index is 0.150. The fraction of sp³-hybridized carbons (Fsp3) is 0.550. The monoisotopic (exact) mass is 315 g/mol. The zero-order valence-corrected chi connectivity index (χ0v) is 14.9. The van der Waals surface area contributed by atoms with Crippen molar-refractivity contribution in [2.75, 3.05) is 31.7 Å².